The third-order valence-electron chi connectivity index (χ3n) is 2.79. The number of rotatable bonds is 5. The number of aromatic nitrogens is 2. The lowest BCUT2D eigenvalue weighted by Crippen LogP contribution is -2.36. The number of carbonyl (C=O) groups is 1. The van der Waals surface area contributed by atoms with Gasteiger partial charge in [-0.2, -0.15) is 0 Å². The molecule has 7 heteroatoms. The number of benzene rings is 1. The molecule has 0 aliphatic rings. The Labute approximate surface area is 138 Å². The molecule has 1 unspecified atom stereocenters. The molecule has 0 aliphatic carbocycles. The minimum atomic E-state index is -0.307. The van der Waals surface area contributed by atoms with Gasteiger partial charge >= 0.3 is 0 Å². The van der Waals surface area contributed by atoms with E-state index in [1.54, 1.807) is 6.07 Å². The van der Waals surface area contributed by atoms with Gasteiger partial charge in [-0.1, -0.05) is 23.7 Å². The number of hydrogen-bond acceptors (Lipinski definition) is 5. The van der Waals surface area contributed by atoms with E-state index in [2.05, 4.69) is 20.8 Å². The van der Waals surface area contributed by atoms with E-state index in [-0.39, 0.29) is 11.2 Å². The Morgan fingerprint density at radius 3 is 2.50 bits per heavy atom. The first-order valence-electron chi connectivity index (χ1n) is 6.75. The number of nitrogens with one attached hydrogen (secondary N) is 2. The highest BCUT2D eigenvalue weighted by atomic mass is 35.5. The van der Waals surface area contributed by atoms with Gasteiger partial charge < -0.3 is 0 Å². The summed E-state index contributed by atoms with van der Waals surface area (Å²) < 4.78 is 0. The fourth-order valence-electron chi connectivity index (χ4n) is 1.79. The number of hydrogen-bond donors (Lipinski definition) is 2. The second-order valence-corrected chi connectivity index (χ2v) is 6.57. The van der Waals surface area contributed by atoms with E-state index in [9.17, 15) is 4.79 Å². The Kier molecular flexibility index (Phi) is 5.63. The van der Waals surface area contributed by atoms with Crippen molar-refractivity contribution in [3.63, 3.8) is 0 Å². The Balaban J connectivity index is 1.93. The van der Waals surface area contributed by atoms with Crippen LogP contribution in [0.1, 0.15) is 18.3 Å². The number of nitrogens with zero attached hydrogens (tertiary/aromatic N) is 2. The molecule has 0 spiro atoms. The van der Waals surface area contributed by atoms with Crippen molar-refractivity contribution in [3.8, 4) is 0 Å². The second-order valence-electron chi connectivity index (χ2n) is 4.78. The molecule has 2 rings (SSSR count). The van der Waals surface area contributed by atoms with Gasteiger partial charge in [0.25, 0.3) is 5.91 Å². The summed E-state index contributed by atoms with van der Waals surface area (Å²) in [4.78, 5) is 21.4. The van der Waals surface area contributed by atoms with Gasteiger partial charge in [-0.25, -0.2) is 9.97 Å². The molecule has 2 aromatic rings. The molecule has 1 atom stereocenters. The number of anilines is 1. The summed E-state index contributed by atoms with van der Waals surface area (Å²) in [6.45, 7) is 5.56. The second kappa shape index (κ2) is 7.47. The lowest BCUT2D eigenvalue weighted by molar-refractivity contribution is -0.119. The van der Waals surface area contributed by atoms with Crippen LogP contribution in [0.3, 0.4) is 0 Å². The van der Waals surface area contributed by atoms with Crippen LogP contribution in [0.5, 0.6) is 0 Å². The minimum absolute atomic E-state index is 0.173. The van der Waals surface area contributed by atoms with Crippen LogP contribution in [0.25, 0.3) is 0 Å². The van der Waals surface area contributed by atoms with E-state index in [1.165, 1.54) is 11.8 Å². The molecule has 0 fully saturated rings. The lowest BCUT2D eigenvalue weighted by atomic mass is 10.4. The number of thioether (sulfide) groups is 1. The van der Waals surface area contributed by atoms with E-state index < -0.39 is 0 Å². The Hall–Kier alpha value is -1.79. The molecule has 5 nitrogen and oxygen atoms in total. The zero-order chi connectivity index (χ0) is 16.1. The van der Waals surface area contributed by atoms with Gasteiger partial charge in [0, 0.05) is 16.3 Å². The number of aryl methyl sites for hydroxylation is 2. The van der Waals surface area contributed by atoms with Crippen molar-refractivity contribution in [3.05, 3.63) is 46.7 Å². The Morgan fingerprint density at radius 2 is 1.86 bits per heavy atom. The van der Waals surface area contributed by atoms with Crippen LogP contribution in [0.4, 0.5) is 5.95 Å². The van der Waals surface area contributed by atoms with Gasteiger partial charge in [-0.3, -0.25) is 15.6 Å². The van der Waals surface area contributed by atoms with Crippen LogP contribution in [-0.2, 0) is 4.79 Å². The SMILES string of the molecule is Cc1cc(C)nc(NNC(=O)C(C)Sc2ccccc2Cl)n1. The first-order chi connectivity index (χ1) is 10.5. The Morgan fingerprint density at radius 1 is 1.23 bits per heavy atom. The van der Waals surface area contributed by atoms with Gasteiger partial charge in [0.1, 0.15) is 0 Å². The predicted octanol–water partition coefficient (Wildman–Crippen LogP) is 3.37. The number of halogens is 1. The number of carbonyl (C=O) groups excluding carboxylic acids is 1. The molecule has 0 bridgehead atoms. The largest absolute Gasteiger partial charge is 0.272 e. The van der Waals surface area contributed by atoms with Gasteiger partial charge in [0.2, 0.25) is 5.95 Å². The summed E-state index contributed by atoms with van der Waals surface area (Å²) in [7, 11) is 0. The number of hydrazine groups is 1. The highest BCUT2D eigenvalue weighted by Crippen LogP contribution is 2.29. The summed E-state index contributed by atoms with van der Waals surface area (Å²) in [6, 6.07) is 9.30. The van der Waals surface area contributed by atoms with Gasteiger partial charge in [-0.15, -0.1) is 11.8 Å². The van der Waals surface area contributed by atoms with Crippen molar-refractivity contribution in [1.82, 2.24) is 15.4 Å². The third-order valence-corrected chi connectivity index (χ3v) is 4.41. The summed E-state index contributed by atoms with van der Waals surface area (Å²) in [6.07, 6.45) is 0. The molecule has 1 aromatic carbocycles. The van der Waals surface area contributed by atoms with Gasteiger partial charge in [0.05, 0.1) is 10.3 Å². The molecule has 0 saturated carbocycles. The Bertz CT molecular complexity index is 660. The molecular formula is C15H17ClN4OS. The quantitative estimate of drug-likeness (QED) is 0.647. The molecule has 2 N–H and O–H groups in total. The third kappa shape index (κ3) is 4.61. The zero-order valence-electron chi connectivity index (χ0n) is 12.6. The highest BCUT2D eigenvalue weighted by Gasteiger charge is 2.15. The molecule has 116 valence electrons. The zero-order valence-corrected chi connectivity index (χ0v) is 14.1. The summed E-state index contributed by atoms with van der Waals surface area (Å²) >= 11 is 7.49. The smallest absolute Gasteiger partial charge is 0.251 e. The summed E-state index contributed by atoms with van der Waals surface area (Å²) in [5, 5.41) is 0.330. The maximum Gasteiger partial charge on any atom is 0.251 e. The monoisotopic (exact) mass is 336 g/mol. The van der Waals surface area contributed by atoms with Crippen molar-refractivity contribution in [2.75, 3.05) is 5.43 Å². The van der Waals surface area contributed by atoms with Crippen LogP contribution >= 0.6 is 23.4 Å². The summed E-state index contributed by atoms with van der Waals surface area (Å²) in [5.74, 6) is 0.202. The van der Waals surface area contributed by atoms with Crippen LogP contribution in [0, 0.1) is 13.8 Å². The van der Waals surface area contributed by atoms with Crippen molar-refractivity contribution >= 4 is 35.2 Å². The predicted molar refractivity (Wildman–Crippen MR) is 90.0 cm³/mol. The number of amides is 1. The van der Waals surface area contributed by atoms with Gasteiger partial charge in [0.15, 0.2) is 0 Å². The van der Waals surface area contributed by atoms with E-state index in [0.29, 0.717) is 11.0 Å². The van der Waals surface area contributed by atoms with Crippen LogP contribution in [0.2, 0.25) is 5.02 Å². The molecule has 22 heavy (non-hydrogen) atoms. The normalized spacial score (nSPS) is 11.8. The van der Waals surface area contributed by atoms with Crippen LogP contribution in [0.15, 0.2) is 35.2 Å². The van der Waals surface area contributed by atoms with E-state index in [1.807, 2.05) is 45.0 Å². The molecular weight excluding hydrogens is 320 g/mol. The van der Waals surface area contributed by atoms with Crippen molar-refractivity contribution in [2.45, 2.75) is 30.9 Å². The minimum Gasteiger partial charge on any atom is -0.272 e. The van der Waals surface area contributed by atoms with E-state index >= 15 is 0 Å². The van der Waals surface area contributed by atoms with Crippen LogP contribution in [-0.4, -0.2) is 21.1 Å². The van der Waals surface area contributed by atoms with Gasteiger partial charge in [-0.05, 0) is 39.0 Å². The molecule has 0 radical (unpaired) electrons. The topological polar surface area (TPSA) is 66.9 Å². The first-order valence-corrected chi connectivity index (χ1v) is 8.01. The molecule has 1 aromatic heterocycles. The standard InChI is InChI=1S/C15H17ClN4OS/c1-9-8-10(2)18-15(17-9)20-19-14(21)11(3)22-13-7-5-4-6-12(13)16/h4-8,11H,1-3H3,(H,19,21)(H,17,18,20). The molecule has 0 saturated heterocycles. The maximum absolute atomic E-state index is 12.1. The highest BCUT2D eigenvalue weighted by molar-refractivity contribution is 8.00. The molecule has 1 heterocycles. The van der Waals surface area contributed by atoms with E-state index in [4.69, 9.17) is 11.6 Å². The van der Waals surface area contributed by atoms with Crippen molar-refractivity contribution in [1.29, 1.82) is 0 Å². The maximum atomic E-state index is 12.1. The summed E-state index contributed by atoms with van der Waals surface area (Å²) in [5.41, 5.74) is 7.03. The lowest BCUT2D eigenvalue weighted by Gasteiger charge is -2.13. The van der Waals surface area contributed by atoms with E-state index in [0.717, 1.165) is 16.3 Å². The van der Waals surface area contributed by atoms with Crippen molar-refractivity contribution in [2.24, 2.45) is 0 Å². The molecule has 0 aliphatic heterocycles. The first kappa shape index (κ1) is 16.6. The average Bonchev–Trinajstić information content (AvgIpc) is 2.46. The van der Waals surface area contributed by atoms with Crippen molar-refractivity contribution < 1.29 is 4.79 Å². The average molecular weight is 337 g/mol. The molecule has 1 amide bonds. The fraction of sp³-hybridized carbons (Fsp3) is 0.267. The van der Waals surface area contributed by atoms with Crippen LogP contribution < -0.4 is 10.9 Å². The fourth-order valence-corrected chi connectivity index (χ4v) is 2.94.